The second-order valence-electron chi connectivity index (χ2n) is 6.11. The molecule has 9 nitrogen and oxygen atoms in total. The first kappa shape index (κ1) is 20.4. The minimum atomic E-state index is -1.38. The van der Waals surface area contributed by atoms with Crippen molar-refractivity contribution < 1.29 is 39.1 Å². The van der Waals surface area contributed by atoms with E-state index in [2.05, 4.69) is 4.98 Å². The summed E-state index contributed by atoms with van der Waals surface area (Å²) in [5.74, 6) is -1.41. The minimum Gasteiger partial charge on any atom is -0.464 e. The number of aliphatic hydroxyl groups is 3. The van der Waals surface area contributed by atoms with E-state index in [1.165, 1.54) is 14.2 Å². The lowest BCUT2D eigenvalue weighted by atomic mass is 9.94. The van der Waals surface area contributed by atoms with E-state index in [-0.39, 0.29) is 17.0 Å². The van der Waals surface area contributed by atoms with Gasteiger partial charge in [-0.2, -0.15) is 0 Å². The number of aliphatic hydroxyl groups excluding tert-OH is 3. The molecule has 26 heavy (non-hydrogen) atoms. The number of esters is 2. The largest absolute Gasteiger partial charge is 0.464 e. The second kappa shape index (κ2) is 8.63. The highest BCUT2D eigenvalue weighted by molar-refractivity contribution is 5.96. The average molecular weight is 371 g/mol. The molecule has 0 aromatic carbocycles. The molecule has 1 aliphatic rings. The molecule has 1 aromatic rings. The number of ether oxygens (including phenoxy) is 3. The Morgan fingerprint density at radius 2 is 1.73 bits per heavy atom. The predicted octanol–water partition coefficient (Wildman–Crippen LogP) is 0.0845. The van der Waals surface area contributed by atoms with Gasteiger partial charge >= 0.3 is 11.9 Å². The molecule has 9 heteroatoms. The van der Waals surface area contributed by atoms with Gasteiger partial charge in [0.1, 0.15) is 35.8 Å². The first-order valence-electron chi connectivity index (χ1n) is 8.44. The molecule has 2 rings (SSSR count). The molecule has 0 radical (unpaired) electrons. The highest BCUT2D eigenvalue weighted by atomic mass is 16.6. The van der Waals surface area contributed by atoms with Crippen molar-refractivity contribution >= 4 is 11.9 Å². The molecule has 2 heterocycles. The highest BCUT2D eigenvalue weighted by Gasteiger charge is 2.46. The molecule has 0 aliphatic carbocycles. The van der Waals surface area contributed by atoms with Crippen molar-refractivity contribution in [1.82, 2.24) is 4.98 Å². The molecule has 1 fully saturated rings. The number of hydrogen-bond acceptors (Lipinski definition) is 8. The number of rotatable bonds is 7. The van der Waals surface area contributed by atoms with Gasteiger partial charge in [0, 0.05) is 5.56 Å². The van der Waals surface area contributed by atoms with Gasteiger partial charge in [-0.3, -0.25) is 0 Å². The average Bonchev–Trinajstić information content (AvgIpc) is 3.16. The van der Waals surface area contributed by atoms with Crippen molar-refractivity contribution in [3.8, 4) is 0 Å². The fourth-order valence-corrected chi connectivity index (χ4v) is 3.16. The Kier molecular flexibility index (Phi) is 6.76. The quantitative estimate of drug-likeness (QED) is 0.495. The molecule has 0 saturated carbocycles. The van der Waals surface area contributed by atoms with E-state index in [0.717, 1.165) is 6.42 Å². The van der Waals surface area contributed by atoms with Gasteiger partial charge in [-0.25, -0.2) is 9.59 Å². The normalized spacial score (nSPS) is 25.3. The van der Waals surface area contributed by atoms with Crippen molar-refractivity contribution in [3.63, 3.8) is 0 Å². The number of aromatic nitrogens is 1. The fraction of sp³-hybridized carbons (Fsp3) is 0.647. The molecule has 4 atom stereocenters. The van der Waals surface area contributed by atoms with Crippen LogP contribution in [0, 0.1) is 0 Å². The number of unbranched alkanes of at least 4 members (excludes halogenated alkanes) is 1. The summed E-state index contributed by atoms with van der Waals surface area (Å²) in [5, 5.41) is 29.7. The topological polar surface area (TPSA) is 138 Å². The van der Waals surface area contributed by atoms with Gasteiger partial charge in [0.2, 0.25) is 0 Å². The smallest absolute Gasteiger partial charge is 0.354 e. The van der Waals surface area contributed by atoms with Crippen LogP contribution in [-0.2, 0) is 20.6 Å². The first-order valence-corrected chi connectivity index (χ1v) is 8.44. The van der Waals surface area contributed by atoms with Crippen molar-refractivity contribution in [2.75, 3.05) is 20.8 Å². The number of H-pyrrole nitrogens is 1. The number of carbonyl (C=O) groups is 2. The number of aromatic amines is 1. The molecule has 0 spiro atoms. The maximum atomic E-state index is 12.2. The van der Waals surface area contributed by atoms with Gasteiger partial charge in [0.05, 0.1) is 20.8 Å². The monoisotopic (exact) mass is 371 g/mol. The third-order valence-electron chi connectivity index (χ3n) is 4.53. The molecule has 1 aliphatic heterocycles. The third kappa shape index (κ3) is 3.61. The van der Waals surface area contributed by atoms with E-state index in [9.17, 15) is 24.9 Å². The van der Waals surface area contributed by atoms with Crippen LogP contribution in [0.2, 0.25) is 0 Å². The zero-order valence-electron chi connectivity index (χ0n) is 15.0. The maximum absolute atomic E-state index is 12.2. The van der Waals surface area contributed by atoms with Gasteiger partial charge in [-0.1, -0.05) is 13.3 Å². The molecule has 1 saturated heterocycles. The van der Waals surface area contributed by atoms with Crippen LogP contribution in [0.1, 0.15) is 58.0 Å². The van der Waals surface area contributed by atoms with Crippen LogP contribution in [0.25, 0.3) is 0 Å². The van der Waals surface area contributed by atoms with E-state index in [1.807, 2.05) is 6.92 Å². The number of carbonyl (C=O) groups excluding carboxylic acids is 2. The van der Waals surface area contributed by atoms with Crippen LogP contribution >= 0.6 is 0 Å². The third-order valence-corrected chi connectivity index (χ3v) is 4.53. The second-order valence-corrected chi connectivity index (χ2v) is 6.11. The Morgan fingerprint density at radius 1 is 1.12 bits per heavy atom. The van der Waals surface area contributed by atoms with E-state index in [4.69, 9.17) is 14.2 Å². The number of methoxy groups -OCH3 is 2. The molecule has 0 amide bonds. The summed E-state index contributed by atoms with van der Waals surface area (Å²) in [7, 11) is 2.41. The summed E-state index contributed by atoms with van der Waals surface area (Å²) < 4.78 is 15.1. The summed E-state index contributed by atoms with van der Waals surface area (Å²) in [6.07, 6.45) is -2.84. The van der Waals surface area contributed by atoms with Gasteiger partial charge in [0.25, 0.3) is 0 Å². The Bertz CT molecular complexity index is 655. The highest BCUT2D eigenvalue weighted by Crippen LogP contribution is 2.39. The van der Waals surface area contributed by atoms with Gasteiger partial charge in [-0.05, 0) is 18.4 Å². The Hall–Kier alpha value is -1.94. The van der Waals surface area contributed by atoms with Crippen molar-refractivity contribution in [2.24, 2.45) is 0 Å². The van der Waals surface area contributed by atoms with Gasteiger partial charge in [0.15, 0.2) is 0 Å². The van der Waals surface area contributed by atoms with Crippen LogP contribution in [0.5, 0.6) is 0 Å². The lowest BCUT2D eigenvalue weighted by Gasteiger charge is -2.17. The van der Waals surface area contributed by atoms with Crippen molar-refractivity contribution in [2.45, 2.75) is 50.6 Å². The van der Waals surface area contributed by atoms with Gasteiger partial charge in [-0.15, -0.1) is 0 Å². The van der Waals surface area contributed by atoms with E-state index in [0.29, 0.717) is 18.4 Å². The zero-order chi connectivity index (χ0) is 19.4. The van der Waals surface area contributed by atoms with Crippen LogP contribution in [-0.4, -0.2) is 71.4 Å². The number of nitrogens with one attached hydrogen (secondary N) is 1. The fourth-order valence-electron chi connectivity index (χ4n) is 3.16. The van der Waals surface area contributed by atoms with Gasteiger partial charge < -0.3 is 34.5 Å². The van der Waals surface area contributed by atoms with Crippen LogP contribution in [0.4, 0.5) is 0 Å². The Labute approximate surface area is 150 Å². The van der Waals surface area contributed by atoms with Crippen LogP contribution in [0.3, 0.4) is 0 Å². The lowest BCUT2D eigenvalue weighted by molar-refractivity contribution is -0.0232. The summed E-state index contributed by atoms with van der Waals surface area (Å²) in [6.45, 7) is 1.47. The maximum Gasteiger partial charge on any atom is 0.354 e. The first-order chi connectivity index (χ1) is 12.4. The summed E-state index contributed by atoms with van der Waals surface area (Å²) >= 11 is 0. The van der Waals surface area contributed by atoms with Crippen LogP contribution in [0.15, 0.2) is 0 Å². The summed E-state index contributed by atoms with van der Waals surface area (Å²) in [5.41, 5.74) is 0.741. The molecule has 4 unspecified atom stereocenters. The number of hydrogen-bond donors (Lipinski definition) is 4. The molecule has 4 N–H and O–H groups in total. The summed E-state index contributed by atoms with van der Waals surface area (Å²) in [4.78, 5) is 27.1. The Morgan fingerprint density at radius 3 is 2.23 bits per heavy atom. The SMILES string of the molecule is CCCCc1c(C(=O)OC)[nH]c(C(=O)OC)c1C1OC(CO)C(O)C1O. The molecule has 0 bridgehead atoms. The zero-order valence-corrected chi connectivity index (χ0v) is 15.0. The van der Waals surface area contributed by atoms with Crippen molar-refractivity contribution in [1.29, 1.82) is 0 Å². The molecule has 146 valence electrons. The molecular formula is C17H25NO8. The van der Waals surface area contributed by atoms with Crippen LogP contribution < -0.4 is 0 Å². The van der Waals surface area contributed by atoms with E-state index in [1.54, 1.807) is 0 Å². The minimum absolute atomic E-state index is 0.0474. The predicted molar refractivity (Wildman–Crippen MR) is 88.8 cm³/mol. The molecule has 1 aromatic heterocycles. The molecular weight excluding hydrogens is 346 g/mol. The standard InChI is InChI=1S/C17H25NO8/c1-4-5-6-8-10(15-14(21)13(20)9(7-19)26-15)12(17(23)25-3)18-11(8)16(22)24-2/h9,13-15,18-21H,4-7H2,1-3H3. The van der Waals surface area contributed by atoms with Crippen molar-refractivity contribution in [3.05, 3.63) is 22.5 Å². The Balaban J connectivity index is 2.61. The lowest BCUT2D eigenvalue weighted by Crippen LogP contribution is -2.32. The van der Waals surface area contributed by atoms with E-state index < -0.39 is 43.0 Å². The summed E-state index contributed by atoms with van der Waals surface area (Å²) in [6, 6.07) is 0. The van der Waals surface area contributed by atoms with E-state index >= 15 is 0 Å².